The number of Topliss-reactive ketones (excluding diaryl/α,β-unsaturated/α-hetero) is 1. The van der Waals surface area contributed by atoms with Crippen LogP contribution in [0, 0.1) is 10.8 Å². The maximum absolute atomic E-state index is 15.2. The lowest BCUT2D eigenvalue weighted by atomic mass is 9.58. The van der Waals surface area contributed by atoms with Gasteiger partial charge in [0, 0.05) is 41.6 Å². The second kappa shape index (κ2) is 11.1. The van der Waals surface area contributed by atoms with Gasteiger partial charge in [0.25, 0.3) is 0 Å². The van der Waals surface area contributed by atoms with Crippen molar-refractivity contribution >= 4 is 29.3 Å². The number of carbonyl (C=O) groups excluding carboxylic acids is 1. The van der Waals surface area contributed by atoms with E-state index in [1.54, 1.807) is 37.7 Å². The first-order chi connectivity index (χ1) is 19.4. The van der Waals surface area contributed by atoms with Crippen LogP contribution < -0.4 is 9.47 Å². The lowest BCUT2D eigenvalue weighted by Crippen LogP contribution is -2.67. The molecule has 6 unspecified atom stereocenters. The van der Waals surface area contributed by atoms with Crippen molar-refractivity contribution in [3.05, 3.63) is 95.6 Å². The highest BCUT2D eigenvalue weighted by molar-refractivity contribution is 8.00. The number of carbonyl (C=O) groups is 1. The Morgan fingerprint density at radius 3 is 1.62 bits per heavy atom. The zero-order valence-corrected chi connectivity index (χ0v) is 24.4. The van der Waals surface area contributed by atoms with Crippen LogP contribution in [0.4, 0.5) is 0 Å². The molecule has 3 aliphatic rings. The van der Waals surface area contributed by atoms with Gasteiger partial charge in [-0.1, -0.05) is 54.6 Å². The van der Waals surface area contributed by atoms with Crippen molar-refractivity contribution in [2.24, 2.45) is 10.8 Å². The summed E-state index contributed by atoms with van der Waals surface area (Å²) in [5.74, 6) is 2.42. The molecule has 6 rings (SSSR count). The van der Waals surface area contributed by atoms with Gasteiger partial charge in [0.05, 0.1) is 37.3 Å². The largest absolute Gasteiger partial charge is 0.497 e. The lowest BCUT2D eigenvalue weighted by molar-refractivity contribution is -0.165. The predicted molar refractivity (Wildman–Crippen MR) is 160 cm³/mol. The molecule has 3 aromatic rings. The quantitative estimate of drug-likeness (QED) is 0.434. The summed E-state index contributed by atoms with van der Waals surface area (Å²) in [4.78, 5) is 17.5. The number of piperidine rings is 1. The van der Waals surface area contributed by atoms with Gasteiger partial charge in [0.2, 0.25) is 0 Å². The van der Waals surface area contributed by atoms with Gasteiger partial charge in [0.1, 0.15) is 11.5 Å². The third kappa shape index (κ3) is 4.45. The van der Waals surface area contributed by atoms with E-state index < -0.39 is 23.0 Å². The van der Waals surface area contributed by atoms with E-state index in [1.165, 1.54) is 0 Å². The van der Waals surface area contributed by atoms with Gasteiger partial charge in [-0.25, -0.2) is 0 Å². The Morgan fingerprint density at radius 2 is 1.20 bits per heavy atom. The fourth-order valence-corrected chi connectivity index (χ4v) is 10.2. The molecule has 6 nitrogen and oxygen atoms in total. The van der Waals surface area contributed by atoms with Crippen molar-refractivity contribution in [2.75, 3.05) is 38.8 Å². The highest BCUT2D eigenvalue weighted by Crippen LogP contribution is 2.65. The van der Waals surface area contributed by atoms with Crippen molar-refractivity contribution in [2.45, 2.75) is 29.3 Å². The Hall–Kier alpha value is -2.49. The van der Waals surface area contributed by atoms with Crippen molar-refractivity contribution in [1.29, 1.82) is 0 Å². The van der Waals surface area contributed by atoms with E-state index in [2.05, 4.69) is 17.0 Å². The Bertz CT molecular complexity index is 1260. The van der Waals surface area contributed by atoms with Crippen LogP contribution in [0.2, 0.25) is 0 Å². The molecule has 0 aliphatic carbocycles. The molecule has 40 heavy (non-hydrogen) atoms. The minimum Gasteiger partial charge on any atom is -0.497 e. The molecule has 210 valence electrons. The van der Waals surface area contributed by atoms with Crippen LogP contribution in [0.3, 0.4) is 0 Å². The molecule has 2 N–H and O–H groups in total. The molecule has 3 aliphatic heterocycles. The second-order valence-corrected chi connectivity index (χ2v) is 13.3. The van der Waals surface area contributed by atoms with E-state index in [-0.39, 0.29) is 16.3 Å². The summed E-state index contributed by atoms with van der Waals surface area (Å²) in [5, 5.41) is 23.0. The first-order valence-corrected chi connectivity index (χ1v) is 15.7. The Kier molecular flexibility index (Phi) is 7.65. The van der Waals surface area contributed by atoms with Crippen LogP contribution in [0.1, 0.15) is 27.2 Å². The number of aliphatic hydroxyl groups is 2. The minimum absolute atomic E-state index is 0.0130. The van der Waals surface area contributed by atoms with E-state index in [0.717, 1.165) is 28.2 Å². The summed E-state index contributed by atoms with van der Waals surface area (Å²) >= 11 is 3.27. The van der Waals surface area contributed by atoms with Crippen LogP contribution in [0.5, 0.6) is 11.5 Å². The van der Waals surface area contributed by atoms with Gasteiger partial charge in [0.15, 0.2) is 5.78 Å². The van der Waals surface area contributed by atoms with E-state index in [4.69, 9.17) is 9.47 Å². The predicted octanol–water partition coefficient (Wildman–Crippen LogP) is 4.76. The van der Waals surface area contributed by atoms with Crippen LogP contribution in [0.15, 0.2) is 78.9 Å². The van der Waals surface area contributed by atoms with Crippen LogP contribution in [-0.4, -0.2) is 71.9 Å². The molecule has 3 heterocycles. The number of nitrogens with zero attached hydrogens (tertiary/aromatic N) is 1. The van der Waals surface area contributed by atoms with Crippen molar-refractivity contribution < 1.29 is 24.5 Å². The molecule has 3 saturated heterocycles. The fraction of sp³-hybridized carbons (Fsp3) is 0.406. The van der Waals surface area contributed by atoms with Gasteiger partial charge in [-0.3, -0.25) is 9.69 Å². The molecule has 3 fully saturated rings. The molecule has 0 aromatic heterocycles. The summed E-state index contributed by atoms with van der Waals surface area (Å²) < 4.78 is 10.8. The number of hydrogen-bond donors (Lipinski definition) is 2. The maximum Gasteiger partial charge on any atom is 0.155 e. The fourth-order valence-electron chi connectivity index (χ4n) is 6.91. The average Bonchev–Trinajstić information content (AvgIpc) is 3.49. The van der Waals surface area contributed by atoms with Crippen molar-refractivity contribution in [3.8, 4) is 11.5 Å². The summed E-state index contributed by atoms with van der Waals surface area (Å²) in [6, 6.07) is 25.9. The first-order valence-electron chi connectivity index (χ1n) is 13.6. The van der Waals surface area contributed by atoms with E-state index in [0.29, 0.717) is 31.1 Å². The number of benzene rings is 3. The second-order valence-electron chi connectivity index (χ2n) is 11.0. The highest BCUT2D eigenvalue weighted by atomic mass is 32.2. The van der Waals surface area contributed by atoms with E-state index in [9.17, 15) is 10.2 Å². The number of methoxy groups -OCH3 is 2. The molecule has 3 aromatic carbocycles. The number of hydrogen-bond acceptors (Lipinski definition) is 8. The van der Waals surface area contributed by atoms with E-state index in [1.807, 2.05) is 66.7 Å². The SMILES string of the molecule is COc1ccc(C2SCC(O)C23CN(Cc2ccccc2)CC2(C3=O)C(O)CSC2c2ccc(OC)cc2)cc1. The van der Waals surface area contributed by atoms with Crippen molar-refractivity contribution in [1.82, 2.24) is 4.90 Å². The summed E-state index contributed by atoms with van der Waals surface area (Å²) in [6.45, 7) is 1.50. The van der Waals surface area contributed by atoms with E-state index >= 15 is 4.79 Å². The average molecular weight is 578 g/mol. The van der Waals surface area contributed by atoms with Crippen molar-refractivity contribution in [3.63, 3.8) is 0 Å². The summed E-state index contributed by atoms with van der Waals surface area (Å²) in [5.41, 5.74) is 0.998. The van der Waals surface area contributed by atoms with Gasteiger partial charge in [-0.15, -0.1) is 23.5 Å². The third-order valence-electron chi connectivity index (χ3n) is 8.87. The van der Waals surface area contributed by atoms with Gasteiger partial charge >= 0.3 is 0 Å². The normalized spacial score (nSPS) is 32.1. The molecule has 0 radical (unpaired) electrons. The molecular formula is C32H35NO5S2. The molecule has 0 saturated carbocycles. The number of likely N-dealkylation sites (tertiary alicyclic amines) is 1. The number of rotatable bonds is 6. The monoisotopic (exact) mass is 577 g/mol. The molecule has 0 bridgehead atoms. The number of aliphatic hydroxyl groups excluding tert-OH is 2. The summed E-state index contributed by atoms with van der Waals surface area (Å²) in [6.07, 6.45) is -1.66. The van der Waals surface area contributed by atoms with Gasteiger partial charge < -0.3 is 19.7 Å². The Labute approximate surface area is 244 Å². The first kappa shape index (κ1) is 27.7. The number of ether oxygens (including phenoxy) is 2. The maximum atomic E-state index is 15.2. The Balaban J connectivity index is 1.48. The number of thioether (sulfide) groups is 2. The Morgan fingerprint density at radius 1 is 0.750 bits per heavy atom. The standard InChI is InChI=1S/C32H35NO5S2/c1-37-24-12-8-22(9-13-24)28-31(26(34)17-39-28)19-33(16-21-6-4-3-5-7-21)20-32(30(31)36)27(35)18-40-29(32)23-10-14-25(38-2)15-11-23/h3-15,26-29,34-35H,16-20H2,1-2H3. The van der Waals surface area contributed by atoms with Gasteiger partial charge in [-0.05, 0) is 41.0 Å². The highest BCUT2D eigenvalue weighted by Gasteiger charge is 2.70. The lowest BCUT2D eigenvalue weighted by Gasteiger charge is -2.54. The topological polar surface area (TPSA) is 79.2 Å². The van der Waals surface area contributed by atoms with Crippen LogP contribution in [0.25, 0.3) is 0 Å². The molecule has 6 atom stereocenters. The molecule has 2 spiro atoms. The smallest absolute Gasteiger partial charge is 0.155 e. The van der Waals surface area contributed by atoms with Gasteiger partial charge in [-0.2, -0.15) is 0 Å². The molecular weight excluding hydrogens is 542 g/mol. The zero-order valence-electron chi connectivity index (χ0n) is 22.7. The number of ketones is 1. The third-order valence-corrected chi connectivity index (χ3v) is 11.9. The zero-order chi connectivity index (χ0) is 27.9. The van der Waals surface area contributed by atoms with Crippen LogP contribution in [-0.2, 0) is 11.3 Å². The summed E-state index contributed by atoms with van der Waals surface area (Å²) in [7, 11) is 3.28. The minimum atomic E-state index is -1.07. The molecule has 0 amide bonds. The molecule has 8 heteroatoms. The van der Waals surface area contributed by atoms with Crippen LogP contribution >= 0.6 is 23.5 Å².